The lowest BCUT2D eigenvalue weighted by atomic mass is 10.1. The van der Waals surface area contributed by atoms with Crippen molar-refractivity contribution in [2.24, 2.45) is 0 Å². The van der Waals surface area contributed by atoms with Crippen LogP contribution in [0.5, 0.6) is 0 Å². The minimum absolute atomic E-state index is 0.146. The molecule has 1 amide bonds. The molecule has 0 radical (unpaired) electrons. The number of amides is 1. The van der Waals surface area contributed by atoms with Gasteiger partial charge in [0.05, 0.1) is 24.7 Å². The quantitative estimate of drug-likeness (QED) is 0.387. The molecule has 1 aliphatic rings. The second-order valence-corrected chi connectivity index (χ2v) is 9.27. The summed E-state index contributed by atoms with van der Waals surface area (Å²) in [5.41, 5.74) is 4.87. The Labute approximate surface area is 207 Å². The highest BCUT2D eigenvalue weighted by Gasteiger charge is 2.22. The van der Waals surface area contributed by atoms with E-state index in [0.29, 0.717) is 29.9 Å². The lowest BCUT2D eigenvalue weighted by Crippen LogP contribution is -2.37. The van der Waals surface area contributed by atoms with Gasteiger partial charge in [0.1, 0.15) is 5.69 Å². The maximum absolute atomic E-state index is 12.7. The zero-order valence-corrected chi connectivity index (χ0v) is 20.4. The maximum Gasteiger partial charge on any atom is 0.237 e. The van der Waals surface area contributed by atoms with Gasteiger partial charge in [0.25, 0.3) is 0 Å². The van der Waals surface area contributed by atoms with Crippen LogP contribution in [-0.4, -0.2) is 57.9 Å². The molecule has 0 bridgehead atoms. The third-order valence-electron chi connectivity index (χ3n) is 5.65. The number of aromatic nitrogens is 4. The molecule has 0 aliphatic carbocycles. The van der Waals surface area contributed by atoms with Gasteiger partial charge in [-0.25, -0.2) is 0 Å². The molecule has 1 N–H and O–H groups in total. The molecule has 0 saturated carbocycles. The van der Waals surface area contributed by atoms with Gasteiger partial charge in [-0.2, -0.15) is 0 Å². The number of thioether (sulfide) groups is 1. The van der Waals surface area contributed by atoms with E-state index in [9.17, 15) is 4.79 Å². The number of benzene rings is 2. The summed E-state index contributed by atoms with van der Waals surface area (Å²) in [7, 11) is 0. The molecule has 5 rings (SSSR count). The monoisotopic (exact) mass is 490 g/mol. The molecular weight excluding hydrogens is 464 g/mol. The van der Waals surface area contributed by atoms with Crippen molar-refractivity contribution in [1.82, 2.24) is 19.9 Å². The molecule has 35 heavy (non-hydrogen) atoms. The summed E-state index contributed by atoms with van der Waals surface area (Å²) < 4.78 is 12.8. The van der Waals surface area contributed by atoms with E-state index in [1.165, 1.54) is 17.3 Å². The van der Waals surface area contributed by atoms with Crippen molar-refractivity contribution in [3.63, 3.8) is 0 Å². The summed E-state index contributed by atoms with van der Waals surface area (Å²) in [5.74, 6) is 0.986. The van der Waals surface area contributed by atoms with E-state index in [0.717, 1.165) is 35.9 Å². The fraction of sp³-hybridized carbons (Fsp3) is 0.280. The predicted molar refractivity (Wildman–Crippen MR) is 135 cm³/mol. The average Bonchev–Trinajstić information content (AvgIpc) is 3.52. The maximum atomic E-state index is 12.7. The van der Waals surface area contributed by atoms with Gasteiger partial charge in [-0.15, -0.1) is 10.2 Å². The van der Waals surface area contributed by atoms with Gasteiger partial charge in [-0.3, -0.25) is 14.7 Å². The smallest absolute Gasteiger partial charge is 0.237 e. The van der Waals surface area contributed by atoms with Crippen LogP contribution in [0.1, 0.15) is 11.1 Å². The Hall–Kier alpha value is -3.63. The highest BCUT2D eigenvalue weighted by Crippen LogP contribution is 2.28. The standard InChI is InChI=1S/C25H26N6O3S/c1-17-3-7-19(8-4-17)21-15-23(34-29-21)26-22(32)16-35-25-28-27-24(30-11-13-33-14-12-30)31(25)20-9-5-18(2)6-10-20/h3-10,15H,11-14,16H2,1-2H3,(H,26,32). The number of ether oxygens (including phenoxy) is 1. The topological polar surface area (TPSA) is 98.3 Å². The van der Waals surface area contributed by atoms with Crippen molar-refractivity contribution in [2.75, 3.05) is 42.3 Å². The van der Waals surface area contributed by atoms with Crippen molar-refractivity contribution in [2.45, 2.75) is 19.0 Å². The first-order valence-electron chi connectivity index (χ1n) is 11.4. The molecule has 0 atom stereocenters. The second-order valence-electron chi connectivity index (χ2n) is 8.33. The van der Waals surface area contributed by atoms with Gasteiger partial charge in [0, 0.05) is 24.7 Å². The number of carbonyl (C=O) groups excluding carboxylic acids is 1. The van der Waals surface area contributed by atoms with Gasteiger partial charge in [0.15, 0.2) is 5.16 Å². The first-order valence-corrected chi connectivity index (χ1v) is 12.4. The Morgan fingerprint density at radius 3 is 2.40 bits per heavy atom. The van der Waals surface area contributed by atoms with E-state index in [4.69, 9.17) is 9.26 Å². The Morgan fingerprint density at radius 2 is 1.69 bits per heavy atom. The Bertz CT molecular complexity index is 1290. The van der Waals surface area contributed by atoms with Crippen molar-refractivity contribution in [3.8, 4) is 16.9 Å². The van der Waals surface area contributed by atoms with Crippen molar-refractivity contribution >= 4 is 29.5 Å². The molecule has 2 aromatic carbocycles. The molecule has 1 fully saturated rings. The SMILES string of the molecule is Cc1ccc(-c2cc(NC(=O)CSc3nnc(N4CCOCC4)n3-c3ccc(C)cc3)on2)cc1. The molecule has 1 saturated heterocycles. The van der Waals surface area contributed by atoms with Gasteiger partial charge >= 0.3 is 0 Å². The summed E-state index contributed by atoms with van der Waals surface area (Å²) >= 11 is 1.32. The van der Waals surface area contributed by atoms with Crippen LogP contribution in [0, 0.1) is 13.8 Å². The van der Waals surface area contributed by atoms with Crippen LogP contribution in [0.15, 0.2) is 64.3 Å². The molecule has 3 heterocycles. The van der Waals surface area contributed by atoms with E-state index in [1.54, 1.807) is 6.07 Å². The normalized spacial score (nSPS) is 13.7. The number of carbonyl (C=O) groups is 1. The van der Waals surface area contributed by atoms with Crippen LogP contribution in [0.2, 0.25) is 0 Å². The Morgan fingerprint density at radius 1 is 1.00 bits per heavy atom. The number of aryl methyl sites for hydroxylation is 2. The summed E-state index contributed by atoms with van der Waals surface area (Å²) in [6.45, 7) is 6.85. The van der Waals surface area contributed by atoms with E-state index < -0.39 is 0 Å². The third-order valence-corrected chi connectivity index (χ3v) is 6.58. The van der Waals surface area contributed by atoms with Gasteiger partial charge < -0.3 is 14.2 Å². The summed E-state index contributed by atoms with van der Waals surface area (Å²) in [4.78, 5) is 14.8. The van der Waals surface area contributed by atoms with E-state index >= 15 is 0 Å². The van der Waals surface area contributed by atoms with Crippen LogP contribution < -0.4 is 10.2 Å². The molecule has 9 nitrogen and oxygen atoms in total. The zero-order chi connectivity index (χ0) is 24.2. The number of morpholine rings is 1. The molecule has 180 valence electrons. The fourth-order valence-corrected chi connectivity index (χ4v) is 4.49. The molecule has 4 aromatic rings. The van der Waals surface area contributed by atoms with Crippen LogP contribution in [0.25, 0.3) is 16.9 Å². The van der Waals surface area contributed by atoms with Crippen LogP contribution in [0.4, 0.5) is 11.8 Å². The van der Waals surface area contributed by atoms with Gasteiger partial charge in [-0.05, 0) is 26.0 Å². The van der Waals surface area contributed by atoms with Gasteiger partial charge in [0.2, 0.25) is 17.7 Å². The lowest BCUT2D eigenvalue weighted by Gasteiger charge is -2.27. The molecule has 1 aliphatic heterocycles. The number of anilines is 2. The molecule has 0 spiro atoms. The molecule has 0 unspecified atom stereocenters. The third kappa shape index (κ3) is 5.39. The van der Waals surface area contributed by atoms with Crippen LogP contribution >= 0.6 is 11.8 Å². The summed E-state index contributed by atoms with van der Waals surface area (Å²) in [6.07, 6.45) is 0. The second kappa shape index (κ2) is 10.3. The van der Waals surface area contributed by atoms with Gasteiger partial charge in [-0.1, -0.05) is 64.4 Å². The van der Waals surface area contributed by atoms with E-state index in [1.807, 2.05) is 54.8 Å². The minimum atomic E-state index is -0.215. The average molecular weight is 491 g/mol. The van der Waals surface area contributed by atoms with Crippen LogP contribution in [0.3, 0.4) is 0 Å². The largest absolute Gasteiger partial charge is 0.378 e. The predicted octanol–water partition coefficient (Wildman–Crippen LogP) is 4.11. The number of nitrogens with zero attached hydrogens (tertiary/aromatic N) is 5. The number of hydrogen-bond acceptors (Lipinski definition) is 8. The zero-order valence-electron chi connectivity index (χ0n) is 19.6. The highest BCUT2D eigenvalue weighted by atomic mass is 32.2. The van der Waals surface area contributed by atoms with Crippen LogP contribution in [-0.2, 0) is 9.53 Å². The van der Waals surface area contributed by atoms with E-state index in [2.05, 4.69) is 37.7 Å². The highest BCUT2D eigenvalue weighted by molar-refractivity contribution is 7.99. The summed E-state index contributed by atoms with van der Waals surface area (Å²) in [6, 6.07) is 17.9. The molecule has 10 heteroatoms. The Kier molecular flexibility index (Phi) is 6.82. The lowest BCUT2D eigenvalue weighted by molar-refractivity contribution is -0.113. The first kappa shape index (κ1) is 23.1. The van der Waals surface area contributed by atoms with Crippen molar-refractivity contribution < 1.29 is 14.1 Å². The molecular formula is C25H26N6O3S. The minimum Gasteiger partial charge on any atom is -0.378 e. The van der Waals surface area contributed by atoms with Crippen molar-refractivity contribution in [1.29, 1.82) is 0 Å². The van der Waals surface area contributed by atoms with E-state index in [-0.39, 0.29) is 11.7 Å². The number of nitrogens with one attached hydrogen (secondary N) is 1. The summed E-state index contributed by atoms with van der Waals surface area (Å²) in [5, 5.41) is 16.3. The van der Waals surface area contributed by atoms with Crippen molar-refractivity contribution in [3.05, 3.63) is 65.7 Å². The molecule has 2 aromatic heterocycles. The first-order chi connectivity index (χ1) is 17.1. The number of hydrogen-bond donors (Lipinski definition) is 1. The Balaban J connectivity index is 1.29. The number of rotatable bonds is 7. The fourth-order valence-electron chi connectivity index (χ4n) is 3.74.